The Bertz CT molecular complexity index is 405. The van der Waals surface area contributed by atoms with Gasteiger partial charge in [0, 0.05) is 12.1 Å². The molecule has 3 nitrogen and oxygen atoms in total. The smallest absolute Gasteiger partial charge is 0.251 e. The Balaban J connectivity index is 2.70. The van der Waals surface area contributed by atoms with Crippen LogP contribution in [0.25, 0.3) is 0 Å². The van der Waals surface area contributed by atoms with E-state index in [1.807, 2.05) is 38.1 Å². The summed E-state index contributed by atoms with van der Waals surface area (Å²) in [5, 5.41) is 11.0. The zero-order chi connectivity index (χ0) is 11.3. The Morgan fingerprint density at radius 3 is 2.80 bits per heavy atom. The predicted molar refractivity (Wildman–Crippen MR) is 58.5 cm³/mol. The fraction of sp³-hybridized carbons (Fsp3) is 0.333. The molecule has 78 valence electrons. The van der Waals surface area contributed by atoms with Gasteiger partial charge in [-0.2, -0.15) is 5.26 Å². The second kappa shape index (κ2) is 5.16. The Labute approximate surface area is 89.7 Å². The van der Waals surface area contributed by atoms with Gasteiger partial charge in [-0.1, -0.05) is 17.7 Å². The van der Waals surface area contributed by atoms with E-state index in [-0.39, 0.29) is 5.91 Å². The summed E-state index contributed by atoms with van der Waals surface area (Å²) >= 11 is 0. The number of hydrogen-bond donors (Lipinski definition) is 1. The van der Waals surface area contributed by atoms with Gasteiger partial charge < -0.3 is 5.32 Å². The Morgan fingerprint density at radius 1 is 1.47 bits per heavy atom. The largest absolute Gasteiger partial charge is 0.351 e. The van der Waals surface area contributed by atoms with Gasteiger partial charge >= 0.3 is 0 Å². The molecule has 0 fully saturated rings. The molecule has 1 rings (SSSR count). The van der Waals surface area contributed by atoms with E-state index in [1.165, 1.54) is 0 Å². The standard InChI is InChI=1S/C12H14N2O/c1-9-4-5-11(10(2)8-9)12(15)14-7-3-6-13/h4-5,8H,3,7H2,1-2H3,(H,14,15). The van der Waals surface area contributed by atoms with E-state index in [4.69, 9.17) is 5.26 Å². The molecule has 0 saturated heterocycles. The highest BCUT2D eigenvalue weighted by Crippen LogP contribution is 2.10. The first-order chi connectivity index (χ1) is 7.15. The molecule has 1 aromatic rings. The first-order valence-electron chi connectivity index (χ1n) is 4.87. The van der Waals surface area contributed by atoms with Crippen molar-refractivity contribution in [3.8, 4) is 6.07 Å². The lowest BCUT2D eigenvalue weighted by Gasteiger charge is -2.06. The van der Waals surface area contributed by atoms with E-state index < -0.39 is 0 Å². The fourth-order valence-electron chi connectivity index (χ4n) is 1.40. The van der Waals surface area contributed by atoms with Crippen molar-refractivity contribution in [2.75, 3.05) is 6.54 Å². The van der Waals surface area contributed by atoms with Gasteiger partial charge in [0.15, 0.2) is 0 Å². The average molecular weight is 202 g/mol. The van der Waals surface area contributed by atoms with Crippen molar-refractivity contribution < 1.29 is 4.79 Å². The zero-order valence-corrected chi connectivity index (χ0v) is 9.00. The number of nitrogens with zero attached hydrogens (tertiary/aromatic N) is 1. The summed E-state index contributed by atoms with van der Waals surface area (Å²) in [6.45, 7) is 4.30. The van der Waals surface area contributed by atoms with Crippen LogP contribution in [0.1, 0.15) is 27.9 Å². The first-order valence-corrected chi connectivity index (χ1v) is 4.87. The van der Waals surface area contributed by atoms with E-state index in [0.717, 1.165) is 11.1 Å². The van der Waals surface area contributed by atoms with Crippen molar-refractivity contribution in [1.82, 2.24) is 5.32 Å². The van der Waals surface area contributed by atoms with Gasteiger partial charge in [-0.05, 0) is 25.5 Å². The van der Waals surface area contributed by atoms with Crippen molar-refractivity contribution in [2.45, 2.75) is 20.3 Å². The van der Waals surface area contributed by atoms with Gasteiger partial charge in [-0.3, -0.25) is 4.79 Å². The summed E-state index contributed by atoms with van der Waals surface area (Å²) < 4.78 is 0. The van der Waals surface area contributed by atoms with E-state index in [1.54, 1.807) is 0 Å². The van der Waals surface area contributed by atoms with Crippen LogP contribution in [0.15, 0.2) is 18.2 Å². The van der Waals surface area contributed by atoms with Crippen LogP contribution in [0, 0.1) is 25.2 Å². The fourth-order valence-corrected chi connectivity index (χ4v) is 1.40. The second-order valence-corrected chi connectivity index (χ2v) is 3.48. The highest BCUT2D eigenvalue weighted by atomic mass is 16.1. The number of aryl methyl sites for hydroxylation is 2. The maximum absolute atomic E-state index is 11.6. The molecule has 0 aromatic heterocycles. The third kappa shape index (κ3) is 3.10. The monoisotopic (exact) mass is 202 g/mol. The van der Waals surface area contributed by atoms with Crippen molar-refractivity contribution in [3.05, 3.63) is 34.9 Å². The zero-order valence-electron chi connectivity index (χ0n) is 9.00. The lowest BCUT2D eigenvalue weighted by Crippen LogP contribution is -2.24. The molecule has 0 unspecified atom stereocenters. The molecule has 0 saturated carbocycles. The predicted octanol–water partition coefficient (Wildman–Crippen LogP) is 1.95. The molecule has 1 amide bonds. The number of nitrogens with one attached hydrogen (secondary N) is 1. The second-order valence-electron chi connectivity index (χ2n) is 3.48. The van der Waals surface area contributed by atoms with Gasteiger partial charge in [0.25, 0.3) is 5.91 Å². The third-order valence-corrected chi connectivity index (χ3v) is 2.15. The highest BCUT2D eigenvalue weighted by molar-refractivity contribution is 5.95. The average Bonchev–Trinajstić information content (AvgIpc) is 2.17. The number of hydrogen-bond acceptors (Lipinski definition) is 2. The number of rotatable bonds is 3. The number of carbonyl (C=O) groups is 1. The van der Waals surface area contributed by atoms with Crippen LogP contribution in [0.3, 0.4) is 0 Å². The highest BCUT2D eigenvalue weighted by Gasteiger charge is 2.07. The van der Waals surface area contributed by atoms with Crippen molar-refractivity contribution in [3.63, 3.8) is 0 Å². The van der Waals surface area contributed by atoms with Gasteiger partial charge in [0.05, 0.1) is 12.5 Å². The molecule has 1 aromatic carbocycles. The summed E-state index contributed by atoms with van der Waals surface area (Å²) in [5.41, 5.74) is 2.78. The van der Waals surface area contributed by atoms with Crippen molar-refractivity contribution in [1.29, 1.82) is 5.26 Å². The molecule has 0 aliphatic rings. The molecule has 0 heterocycles. The number of carbonyl (C=O) groups excluding carboxylic acids is 1. The van der Waals surface area contributed by atoms with Crippen LogP contribution in [-0.4, -0.2) is 12.5 Å². The van der Waals surface area contributed by atoms with Crippen LogP contribution < -0.4 is 5.32 Å². The van der Waals surface area contributed by atoms with Gasteiger partial charge in [0.2, 0.25) is 0 Å². The van der Waals surface area contributed by atoms with Crippen LogP contribution in [0.4, 0.5) is 0 Å². The molecule has 0 radical (unpaired) electrons. The molecular formula is C12H14N2O. The number of amides is 1. The van der Waals surface area contributed by atoms with Gasteiger partial charge in [0.1, 0.15) is 0 Å². The van der Waals surface area contributed by atoms with E-state index >= 15 is 0 Å². The molecule has 0 spiro atoms. The minimum absolute atomic E-state index is 0.109. The van der Waals surface area contributed by atoms with Crippen molar-refractivity contribution >= 4 is 5.91 Å². The Morgan fingerprint density at radius 2 is 2.20 bits per heavy atom. The van der Waals surface area contributed by atoms with Crippen LogP contribution >= 0.6 is 0 Å². The first kappa shape index (κ1) is 11.3. The quantitative estimate of drug-likeness (QED) is 0.761. The van der Waals surface area contributed by atoms with E-state index in [9.17, 15) is 4.79 Å². The Kier molecular flexibility index (Phi) is 3.87. The number of benzene rings is 1. The molecule has 0 aliphatic heterocycles. The minimum atomic E-state index is -0.109. The van der Waals surface area contributed by atoms with E-state index in [2.05, 4.69) is 5.32 Å². The van der Waals surface area contributed by atoms with E-state index in [0.29, 0.717) is 18.5 Å². The Hall–Kier alpha value is -1.82. The molecular weight excluding hydrogens is 188 g/mol. The SMILES string of the molecule is Cc1ccc(C(=O)NCCC#N)c(C)c1. The molecule has 0 aliphatic carbocycles. The van der Waals surface area contributed by atoms with Crippen LogP contribution in [0.5, 0.6) is 0 Å². The lowest BCUT2D eigenvalue weighted by atomic mass is 10.1. The molecule has 0 atom stereocenters. The van der Waals surface area contributed by atoms with Crippen LogP contribution in [0.2, 0.25) is 0 Å². The lowest BCUT2D eigenvalue weighted by molar-refractivity contribution is 0.0954. The van der Waals surface area contributed by atoms with Gasteiger partial charge in [-0.15, -0.1) is 0 Å². The minimum Gasteiger partial charge on any atom is -0.351 e. The van der Waals surface area contributed by atoms with Crippen LogP contribution in [-0.2, 0) is 0 Å². The summed E-state index contributed by atoms with van der Waals surface area (Å²) in [5.74, 6) is -0.109. The summed E-state index contributed by atoms with van der Waals surface area (Å²) in [6.07, 6.45) is 0.344. The molecule has 3 heteroatoms. The summed E-state index contributed by atoms with van der Waals surface area (Å²) in [6, 6.07) is 7.68. The summed E-state index contributed by atoms with van der Waals surface area (Å²) in [4.78, 5) is 11.6. The normalized spacial score (nSPS) is 9.40. The van der Waals surface area contributed by atoms with Crippen molar-refractivity contribution in [2.24, 2.45) is 0 Å². The topological polar surface area (TPSA) is 52.9 Å². The van der Waals surface area contributed by atoms with Gasteiger partial charge in [-0.25, -0.2) is 0 Å². The maximum atomic E-state index is 11.6. The summed E-state index contributed by atoms with van der Waals surface area (Å²) in [7, 11) is 0. The molecule has 0 bridgehead atoms. The molecule has 15 heavy (non-hydrogen) atoms. The third-order valence-electron chi connectivity index (χ3n) is 2.15. The number of nitriles is 1. The maximum Gasteiger partial charge on any atom is 0.251 e. The molecule has 1 N–H and O–H groups in total.